The van der Waals surface area contributed by atoms with Gasteiger partial charge < -0.3 is 20.1 Å². The van der Waals surface area contributed by atoms with Gasteiger partial charge in [0.05, 0.1) is 31.4 Å². The summed E-state index contributed by atoms with van der Waals surface area (Å²) < 4.78 is 10.9. The molecule has 0 aliphatic carbocycles. The van der Waals surface area contributed by atoms with Gasteiger partial charge in [0.1, 0.15) is 10.8 Å². The molecule has 166 valence electrons. The predicted octanol–water partition coefficient (Wildman–Crippen LogP) is 4.06. The summed E-state index contributed by atoms with van der Waals surface area (Å²) in [5.41, 5.74) is 1.35. The van der Waals surface area contributed by atoms with Crippen molar-refractivity contribution in [2.75, 3.05) is 50.1 Å². The van der Waals surface area contributed by atoms with Gasteiger partial charge >= 0.3 is 0 Å². The molecule has 2 aromatic carbocycles. The third kappa shape index (κ3) is 7.70. The molecule has 0 aromatic heterocycles. The van der Waals surface area contributed by atoms with Crippen molar-refractivity contribution in [1.29, 1.82) is 0 Å². The van der Waals surface area contributed by atoms with Crippen LogP contribution in [0.4, 0.5) is 11.4 Å². The van der Waals surface area contributed by atoms with Crippen LogP contribution in [0.2, 0.25) is 10.0 Å². The summed E-state index contributed by atoms with van der Waals surface area (Å²) in [6, 6.07) is 12.2. The number of carbonyl (C=O) groups excluding carboxylic acids is 2. The Bertz CT molecular complexity index is 887. The van der Waals surface area contributed by atoms with Crippen molar-refractivity contribution in [2.24, 2.45) is 0 Å². The number of nitrogens with zero attached hydrogens (tertiary/aromatic N) is 1. The molecule has 0 radical (unpaired) electrons. The van der Waals surface area contributed by atoms with Gasteiger partial charge in [0.15, 0.2) is 0 Å². The fourth-order valence-electron chi connectivity index (χ4n) is 3.03. The molecule has 1 aliphatic rings. The van der Waals surface area contributed by atoms with Crippen LogP contribution >= 0.6 is 23.2 Å². The molecule has 0 saturated carbocycles. The number of halogens is 2. The maximum absolute atomic E-state index is 12.1. The summed E-state index contributed by atoms with van der Waals surface area (Å²) in [7, 11) is 0. The maximum atomic E-state index is 12.1. The van der Waals surface area contributed by atoms with Gasteiger partial charge in [0.2, 0.25) is 11.8 Å². The van der Waals surface area contributed by atoms with Crippen LogP contribution in [-0.2, 0) is 14.3 Å². The Labute approximate surface area is 191 Å². The zero-order chi connectivity index (χ0) is 22.1. The minimum atomic E-state index is -0.120. The van der Waals surface area contributed by atoms with Gasteiger partial charge in [0, 0.05) is 30.9 Å². The van der Waals surface area contributed by atoms with E-state index < -0.39 is 0 Å². The molecular weight excluding hydrogens is 441 g/mol. The van der Waals surface area contributed by atoms with E-state index in [4.69, 9.17) is 32.7 Å². The molecule has 1 aliphatic heterocycles. The molecule has 2 amide bonds. The zero-order valence-corrected chi connectivity index (χ0v) is 18.5. The highest BCUT2D eigenvalue weighted by atomic mass is 35.5. The standard InChI is InChI=1S/C22H25Cl2N3O4/c23-18-3-1-4-19(22(18)24)31-12-2-5-20(28)25-16-6-8-17(9-7-16)26-21(29)15-27-10-13-30-14-11-27/h1,3-4,6-9H,2,5,10-15H2,(H,25,28)(H,26,29). The normalized spacial score (nSPS) is 14.1. The van der Waals surface area contributed by atoms with Crippen molar-refractivity contribution < 1.29 is 19.1 Å². The van der Waals surface area contributed by atoms with Crippen LogP contribution in [0.5, 0.6) is 5.75 Å². The van der Waals surface area contributed by atoms with Crippen molar-refractivity contribution in [1.82, 2.24) is 4.90 Å². The average Bonchev–Trinajstić information content (AvgIpc) is 2.76. The molecule has 7 nitrogen and oxygen atoms in total. The van der Waals surface area contributed by atoms with Crippen LogP contribution < -0.4 is 15.4 Å². The monoisotopic (exact) mass is 465 g/mol. The Morgan fingerprint density at radius 1 is 0.968 bits per heavy atom. The highest BCUT2D eigenvalue weighted by molar-refractivity contribution is 6.42. The maximum Gasteiger partial charge on any atom is 0.238 e. The lowest BCUT2D eigenvalue weighted by Gasteiger charge is -2.25. The van der Waals surface area contributed by atoms with Gasteiger partial charge in [0.25, 0.3) is 0 Å². The van der Waals surface area contributed by atoms with Crippen LogP contribution in [0.25, 0.3) is 0 Å². The molecule has 1 saturated heterocycles. The zero-order valence-electron chi connectivity index (χ0n) is 17.0. The Morgan fingerprint density at radius 2 is 1.61 bits per heavy atom. The lowest BCUT2D eigenvalue weighted by Crippen LogP contribution is -2.41. The van der Waals surface area contributed by atoms with E-state index in [1.165, 1.54) is 0 Å². The second kappa shape index (κ2) is 11.9. The predicted molar refractivity (Wildman–Crippen MR) is 122 cm³/mol. The summed E-state index contributed by atoms with van der Waals surface area (Å²) in [4.78, 5) is 26.3. The fourth-order valence-corrected chi connectivity index (χ4v) is 3.38. The molecular formula is C22H25Cl2N3O4. The lowest BCUT2D eigenvalue weighted by molar-refractivity contribution is -0.118. The topological polar surface area (TPSA) is 79.9 Å². The summed E-state index contributed by atoms with van der Waals surface area (Å²) >= 11 is 12.0. The first kappa shape index (κ1) is 23.3. The van der Waals surface area contributed by atoms with Crippen molar-refractivity contribution in [2.45, 2.75) is 12.8 Å². The Balaban J connectivity index is 1.36. The molecule has 2 N–H and O–H groups in total. The van der Waals surface area contributed by atoms with Gasteiger partial charge in [-0.1, -0.05) is 29.3 Å². The van der Waals surface area contributed by atoms with Crippen LogP contribution in [0, 0.1) is 0 Å². The number of rotatable bonds is 9. The molecule has 0 unspecified atom stereocenters. The second-order valence-electron chi connectivity index (χ2n) is 7.07. The van der Waals surface area contributed by atoms with Crippen LogP contribution in [0.1, 0.15) is 12.8 Å². The summed E-state index contributed by atoms with van der Waals surface area (Å²) in [6.45, 7) is 3.52. The minimum Gasteiger partial charge on any atom is -0.492 e. The van der Waals surface area contributed by atoms with Crippen molar-refractivity contribution in [3.8, 4) is 5.75 Å². The first-order valence-electron chi connectivity index (χ1n) is 10.1. The van der Waals surface area contributed by atoms with Crippen LogP contribution in [0.15, 0.2) is 42.5 Å². The highest BCUT2D eigenvalue weighted by Gasteiger charge is 2.14. The smallest absolute Gasteiger partial charge is 0.238 e. The third-order valence-electron chi connectivity index (χ3n) is 4.65. The Morgan fingerprint density at radius 3 is 2.29 bits per heavy atom. The summed E-state index contributed by atoms with van der Waals surface area (Å²) in [5, 5.41) is 6.49. The Hall–Kier alpha value is -2.32. The van der Waals surface area contributed by atoms with Gasteiger partial charge in [-0.05, 0) is 42.8 Å². The molecule has 1 fully saturated rings. The minimum absolute atomic E-state index is 0.0708. The number of carbonyl (C=O) groups is 2. The number of hydrogen-bond donors (Lipinski definition) is 2. The number of anilines is 2. The van der Waals surface area contributed by atoms with E-state index in [-0.39, 0.29) is 11.8 Å². The van der Waals surface area contributed by atoms with E-state index in [9.17, 15) is 9.59 Å². The number of nitrogens with one attached hydrogen (secondary N) is 2. The van der Waals surface area contributed by atoms with E-state index in [2.05, 4.69) is 15.5 Å². The van der Waals surface area contributed by atoms with E-state index in [0.29, 0.717) is 66.4 Å². The molecule has 0 bridgehead atoms. The number of benzene rings is 2. The molecule has 9 heteroatoms. The first-order chi connectivity index (χ1) is 15.0. The molecule has 0 spiro atoms. The van der Waals surface area contributed by atoms with Crippen molar-refractivity contribution in [3.05, 3.63) is 52.5 Å². The first-order valence-corrected chi connectivity index (χ1v) is 10.8. The largest absolute Gasteiger partial charge is 0.492 e. The second-order valence-corrected chi connectivity index (χ2v) is 7.85. The van der Waals surface area contributed by atoms with Gasteiger partial charge in [-0.2, -0.15) is 0 Å². The average molecular weight is 466 g/mol. The van der Waals surface area contributed by atoms with Gasteiger partial charge in [-0.3, -0.25) is 14.5 Å². The SMILES string of the molecule is O=C(CCCOc1cccc(Cl)c1Cl)Nc1ccc(NC(=O)CN2CCOCC2)cc1. The van der Waals surface area contributed by atoms with E-state index in [0.717, 1.165) is 13.1 Å². The van der Waals surface area contributed by atoms with Crippen molar-refractivity contribution >= 4 is 46.4 Å². The molecule has 1 heterocycles. The fraction of sp³-hybridized carbons (Fsp3) is 0.364. The van der Waals surface area contributed by atoms with Crippen LogP contribution in [0.3, 0.4) is 0 Å². The third-order valence-corrected chi connectivity index (χ3v) is 5.45. The molecule has 31 heavy (non-hydrogen) atoms. The van der Waals surface area contributed by atoms with Crippen LogP contribution in [-0.4, -0.2) is 56.2 Å². The quantitative estimate of drug-likeness (QED) is 0.545. The lowest BCUT2D eigenvalue weighted by atomic mass is 10.2. The number of morpholine rings is 1. The van der Waals surface area contributed by atoms with Gasteiger partial charge in [-0.25, -0.2) is 0 Å². The van der Waals surface area contributed by atoms with E-state index in [1.807, 2.05) is 0 Å². The summed E-state index contributed by atoms with van der Waals surface area (Å²) in [5.74, 6) is 0.309. The Kier molecular flexibility index (Phi) is 8.97. The summed E-state index contributed by atoms with van der Waals surface area (Å²) in [6.07, 6.45) is 0.834. The molecule has 2 aromatic rings. The number of hydrogen-bond acceptors (Lipinski definition) is 5. The number of amides is 2. The molecule has 0 atom stereocenters. The van der Waals surface area contributed by atoms with Gasteiger partial charge in [-0.15, -0.1) is 0 Å². The number of ether oxygens (including phenoxy) is 2. The molecule has 3 rings (SSSR count). The van der Waals surface area contributed by atoms with E-state index >= 15 is 0 Å². The highest BCUT2D eigenvalue weighted by Crippen LogP contribution is 2.31. The van der Waals surface area contributed by atoms with Crippen molar-refractivity contribution in [3.63, 3.8) is 0 Å². The van der Waals surface area contributed by atoms with E-state index in [1.54, 1.807) is 42.5 Å².